The number of rotatable bonds is 1. The largest absolute Gasteiger partial charge is 0.379 e. The Hall–Kier alpha value is -2.12. The predicted molar refractivity (Wildman–Crippen MR) is 43.4 cm³/mol. The predicted octanol–water partition coefficient (Wildman–Crippen LogP) is -1.44. The summed E-state index contributed by atoms with van der Waals surface area (Å²) in [5, 5.41) is 10.3. The molecule has 3 N–H and O–H groups in total. The quantitative estimate of drug-likeness (QED) is 0.410. The monoisotopic (exact) mass is 186 g/mol. The first-order valence-corrected chi connectivity index (χ1v) is 3.18. The van der Waals surface area contributed by atoms with Gasteiger partial charge < -0.3 is 5.73 Å². The Morgan fingerprint density at radius 3 is 2.54 bits per heavy atom. The smallest absolute Gasteiger partial charge is 0.373 e. The Bertz CT molecular complexity index is 470. The van der Waals surface area contributed by atoms with Gasteiger partial charge in [0.1, 0.15) is 0 Å². The van der Waals surface area contributed by atoms with Gasteiger partial charge in [-0.1, -0.05) is 0 Å². The number of nitrogens with zero attached hydrogens (tertiary/aromatic N) is 2. The van der Waals surface area contributed by atoms with Gasteiger partial charge in [-0.3, -0.25) is 24.5 Å². The third-order valence-electron chi connectivity index (χ3n) is 1.49. The van der Waals surface area contributed by atoms with E-state index >= 15 is 0 Å². The van der Waals surface area contributed by atoms with Crippen LogP contribution in [0.25, 0.3) is 0 Å². The highest BCUT2D eigenvalue weighted by atomic mass is 16.6. The Labute approximate surface area is 70.8 Å². The van der Waals surface area contributed by atoms with E-state index < -0.39 is 27.7 Å². The molecule has 0 aliphatic heterocycles. The van der Waals surface area contributed by atoms with Crippen molar-refractivity contribution in [2.75, 3.05) is 5.73 Å². The van der Waals surface area contributed by atoms with Crippen molar-refractivity contribution in [2.24, 2.45) is 7.05 Å². The molecule has 0 atom stereocenters. The molecule has 1 heterocycles. The zero-order valence-corrected chi connectivity index (χ0v) is 6.60. The summed E-state index contributed by atoms with van der Waals surface area (Å²) in [4.78, 5) is 33.2. The topological polar surface area (TPSA) is 124 Å². The van der Waals surface area contributed by atoms with Crippen molar-refractivity contribution in [1.82, 2.24) is 9.55 Å². The van der Waals surface area contributed by atoms with Crippen molar-refractivity contribution in [1.29, 1.82) is 0 Å². The molecule has 1 aromatic rings. The van der Waals surface area contributed by atoms with E-state index in [1.807, 2.05) is 4.98 Å². The van der Waals surface area contributed by atoms with Crippen LogP contribution >= 0.6 is 0 Å². The van der Waals surface area contributed by atoms with Crippen molar-refractivity contribution < 1.29 is 4.92 Å². The Balaban J connectivity index is 3.74. The van der Waals surface area contributed by atoms with Gasteiger partial charge in [0.2, 0.25) is 0 Å². The van der Waals surface area contributed by atoms with Gasteiger partial charge in [-0.05, 0) is 0 Å². The number of nitrogens with one attached hydrogen (secondary N) is 1. The third kappa shape index (κ3) is 1.28. The summed E-state index contributed by atoms with van der Waals surface area (Å²) in [5.74, 6) is -0.530. The summed E-state index contributed by atoms with van der Waals surface area (Å²) in [7, 11) is 1.12. The van der Waals surface area contributed by atoms with Crippen molar-refractivity contribution >= 4 is 11.5 Å². The standard InChI is InChI=1S/C5H6N4O4/c1-8-4(10)2(9(12)13)3(6)7-5(8)11/h6H2,1H3,(H,7,11). The van der Waals surface area contributed by atoms with Gasteiger partial charge in [0.25, 0.3) is 0 Å². The normalized spacial score (nSPS) is 9.92. The summed E-state index contributed by atoms with van der Waals surface area (Å²) in [6, 6.07) is 0. The molecule has 0 unspecified atom stereocenters. The second kappa shape index (κ2) is 2.73. The number of aromatic nitrogens is 2. The SMILES string of the molecule is Cn1c(=O)[nH]c(N)c([N+](=O)[O-])c1=O. The molecule has 0 spiro atoms. The van der Waals surface area contributed by atoms with Crippen molar-refractivity contribution in [2.45, 2.75) is 0 Å². The molecule has 0 aromatic carbocycles. The molecular formula is C5H6N4O4. The summed E-state index contributed by atoms with van der Waals surface area (Å²) < 4.78 is 0.578. The van der Waals surface area contributed by atoms with Gasteiger partial charge >= 0.3 is 16.9 Å². The van der Waals surface area contributed by atoms with Crippen molar-refractivity contribution in [3.8, 4) is 0 Å². The number of nitrogens with two attached hydrogens (primary N) is 1. The maximum Gasteiger partial charge on any atom is 0.373 e. The molecule has 0 aliphatic carbocycles. The molecule has 0 saturated carbocycles. The molecule has 0 amide bonds. The number of hydrogen-bond acceptors (Lipinski definition) is 5. The average Bonchev–Trinajstić information content (AvgIpc) is 1.99. The van der Waals surface area contributed by atoms with E-state index in [4.69, 9.17) is 5.73 Å². The molecule has 0 radical (unpaired) electrons. The van der Waals surface area contributed by atoms with Gasteiger partial charge in [-0.25, -0.2) is 4.79 Å². The van der Waals surface area contributed by atoms with Crippen LogP contribution in [-0.4, -0.2) is 14.5 Å². The van der Waals surface area contributed by atoms with E-state index in [0.29, 0.717) is 4.57 Å². The van der Waals surface area contributed by atoms with Crippen LogP contribution in [0.2, 0.25) is 0 Å². The van der Waals surface area contributed by atoms with Gasteiger partial charge in [0.15, 0.2) is 5.82 Å². The number of aromatic amines is 1. The summed E-state index contributed by atoms with van der Waals surface area (Å²) in [6.45, 7) is 0. The van der Waals surface area contributed by atoms with Crippen molar-refractivity contribution in [3.05, 3.63) is 31.0 Å². The summed E-state index contributed by atoms with van der Waals surface area (Å²) >= 11 is 0. The minimum absolute atomic E-state index is 0.530. The fourth-order valence-electron chi connectivity index (χ4n) is 0.801. The fourth-order valence-corrected chi connectivity index (χ4v) is 0.801. The minimum atomic E-state index is -1.02. The molecule has 0 bridgehead atoms. The lowest BCUT2D eigenvalue weighted by atomic mass is 10.5. The second-order valence-corrected chi connectivity index (χ2v) is 2.31. The first-order chi connectivity index (χ1) is 5.95. The first kappa shape index (κ1) is 8.97. The summed E-state index contributed by atoms with van der Waals surface area (Å²) in [6.07, 6.45) is 0. The van der Waals surface area contributed by atoms with Crippen LogP contribution in [0.3, 0.4) is 0 Å². The molecule has 0 saturated heterocycles. The molecule has 70 valence electrons. The van der Waals surface area contributed by atoms with Crippen LogP contribution < -0.4 is 17.0 Å². The number of nitrogen functional groups attached to an aromatic ring is 1. The van der Waals surface area contributed by atoms with E-state index in [0.717, 1.165) is 7.05 Å². The molecule has 0 fully saturated rings. The van der Waals surface area contributed by atoms with Crippen LogP contribution in [0, 0.1) is 10.1 Å². The zero-order valence-electron chi connectivity index (χ0n) is 6.60. The lowest BCUT2D eigenvalue weighted by Gasteiger charge is -1.97. The highest BCUT2D eigenvalue weighted by molar-refractivity contribution is 5.49. The van der Waals surface area contributed by atoms with E-state index in [9.17, 15) is 19.7 Å². The molecule has 1 rings (SSSR count). The van der Waals surface area contributed by atoms with E-state index in [2.05, 4.69) is 0 Å². The molecular weight excluding hydrogens is 180 g/mol. The van der Waals surface area contributed by atoms with Gasteiger partial charge in [-0.2, -0.15) is 0 Å². The number of nitro groups is 1. The Morgan fingerprint density at radius 1 is 1.54 bits per heavy atom. The van der Waals surface area contributed by atoms with Crippen LogP contribution in [-0.2, 0) is 7.05 Å². The second-order valence-electron chi connectivity index (χ2n) is 2.31. The maximum absolute atomic E-state index is 11.1. The van der Waals surface area contributed by atoms with Crippen LogP contribution in [0.15, 0.2) is 9.59 Å². The van der Waals surface area contributed by atoms with E-state index in [1.165, 1.54) is 0 Å². The number of hydrogen-bond donors (Lipinski definition) is 2. The first-order valence-electron chi connectivity index (χ1n) is 3.18. The number of H-pyrrole nitrogens is 1. The van der Waals surface area contributed by atoms with Crippen LogP contribution in [0.5, 0.6) is 0 Å². The lowest BCUT2D eigenvalue weighted by Crippen LogP contribution is -2.34. The van der Waals surface area contributed by atoms with Crippen LogP contribution in [0.4, 0.5) is 11.5 Å². The molecule has 1 aromatic heterocycles. The van der Waals surface area contributed by atoms with Gasteiger partial charge in [0, 0.05) is 7.05 Å². The zero-order chi connectivity index (χ0) is 10.2. The fraction of sp³-hybridized carbons (Fsp3) is 0.200. The van der Waals surface area contributed by atoms with Gasteiger partial charge in [0.05, 0.1) is 4.92 Å². The third-order valence-corrected chi connectivity index (χ3v) is 1.49. The number of anilines is 1. The molecule has 8 heteroatoms. The van der Waals surface area contributed by atoms with E-state index in [-0.39, 0.29) is 0 Å². The van der Waals surface area contributed by atoms with Crippen molar-refractivity contribution in [3.63, 3.8) is 0 Å². The Kier molecular flexibility index (Phi) is 1.89. The highest BCUT2D eigenvalue weighted by Crippen LogP contribution is 2.08. The minimum Gasteiger partial charge on any atom is -0.379 e. The highest BCUT2D eigenvalue weighted by Gasteiger charge is 2.20. The van der Waals surface area contributed by atoms with Gasteiger partial charge in [-0.15, -0.1) is 0 Å². The van der Waals surface area contributed by atoms with Crippen LogP contribution in [0.1, 0.15) is 0 Å². The average molecular weight is 186 g/mol. The lowest BCUT2D eigenvalue weighted by molar-refractivity contribution is -0.385. The Morgan fingerprint density at radius 2 is 2.08 bits per heavy atom. The van der Waals surface area contributed by atoms with E-state index in [1.54, 1.807) is 0 Å². The summed E-state index contributed by atoms with van der Waals surface area (Å²) in [5.41, 5.74) is 2.46. The maximum atomic E-state index is 11.1. The molecule has 13 heavy (non-hydrogen) atoms. The molecule has 8 nitrogen and oxygen atoms in total. The molecule has 0 aliphatic rings.